The van der Waals surface area contributed by atoms with Crippen LogP contribution in [0.25, 0.3) is 11.1 Å². The predicted octanol–water partition coefficient (Wildman–Crippen LogP) is 4.35. The minimum absolute atomic E-state index is 0.00136. The molecule has 0 fully saturated rings. The van der Waals surface area contributed by atoms with E-state index in [1.807, 2.05) is 6.07 Å². The molecule has 0 aliphatic carbocycles. The number of hydrogen-bond acceptors (Lipinski definition) is 2. The Labute approximate surface area is 116 Å². The van der Waals surface area contributed by atoms with Crippen LogP contribution in [0.2, 0.25) is 0 Å². The largest absolute Gasteiger partial charge is 0.398 e. The van der Waals surface area contributed by atoms with E-state index in [1.54, 1.807) is 25.1 Å². The highest BCUT2D eigenvalue weighted by atomic mass is 19.3. The van der Waals surface area contributed by atoms with Gasteiger partial charge in [0.05, 0.1) is 0 Å². The highest BCUT2D eigenvalue weighted by Crippen LogP contribution is 2.32. The molecule has 0 unspecified atom stereocenters. The summed E-state index contributed by atoms with van der Waals surface area (Å²) in [6, 6.07) is 9.94. The van der Waals surface area contributed by atoms with Gasteiger partial charge >= 0.3 is 0 Å². The first-order chi connectivity index (χ1) is 9.32. The van der Waals surface area contributed by atoms with E-state index in [0.29, 0.717) is 11.3 Å². The Hall–Kier alpha value is -2.23. The van der Waals surface area contributed by atoms with Crippen molar-refractivity contribution in [3.05, 3.63) is 53.1 Å². The van der Waals surface area contributed by atoms with Crippen LogP contribution in [0.4, 0.5) is 14.5 Å². The Morgan fingerprint density at radius 3 is 2.40 bits per heavy atom. The van der Waals surface area contributed by atoms with Crippen LogP contribution in [0.5, 0.6) is 0 Å². The predicted molar refractivity (Wildman–Crippen MR) is 78.5 cm³/mol. The molecule has 0 aliphatic rings. The van der Waals surface area contributed by atoms with Crippen molar-refractivity contribution in [2.75, 3.05) is 5.73 Å². The molecular formula is C16H16F2N2. The molecule has 3 N–H and O–H groups in total. The molecule has 0 radical (unpaired) electrons. The van der Waals surface area contributed by atoms with E-state index < -0.39 is 5.92 Å². The molecule has 0 atom stereocenters. The zero-order chi connectivity index (χ0) is 14.9. The van der Waals surface area contributed by atoms with Gasteiger partial charge in [0.15, 0.2) is 0 Å². The zero-order valence-electron chi connectivity index (χ0n) is 11.4. The Morgan fingerprint density at radius 2 is 1.85 bits per heavy atom. The van der Waals surface area contributed by atoms with E-state index in [9.17, 15) is 8.78 Å². The average Bonchev–Trinajstić information content (AvgIpc) is 2.38. The van der Waals surface area contributed by atoms with Crippen molar-refractivity contribution >= 4 is 11.9 Å². The molecule has 2 aromatic rings. The van der Waals surface area contributed by atoms with Crippen molar-refractivity contribution in [3.63, 3.8) is 0 Å². The van der Waals surface area contributed by atoms with Crippen molar-refractivity contribution in [2.45, 2.75) is 19.8 Å². The van der Waals surface area contributed by atoms with E-state index in [0.717, 1.165) is 23.6 Å². The zero-order valence-corrected chi connectivity index (χ0v) is 11.4. The van der Waals surface area contributed by atoms with Gasteiger partial charge in [-0.25, -0.2) is 8.78 Å². The fourth-order valence-corrected chi connectivity index (χ4v) is 2.13. The molecule has 0 amide bonds. The van der Waals surface area contributed by atoms with Crippen molar-refractivity contribution in [1.29, 1.82) is 5.41 Å². The van der Waals surface area contributed by atoms with Crippen molar-refractivity contribution < 1.29 is 8.78 Å². The van der Waals surface area contributed by atoms with Crippen LogP contribution < -0.4 is 5.73 Å². The first-order valence-electron chi connectivity index (χ1n) is 6.22. The second kappa shape index (κ2) is 5.04. The van der Waals surface area contributed by atoms with Crippen molar-refractivity contribution in [3.8, 4) is 11.1 Å². The maximum atomic E-state index is 13.3. The number of rotatable bonds is 3. The molecule has 20 heavy (non-hydrogen) atoms. The van der Waals surface area contributed by atoms with E-state index in [1.165, 1.54) is 18.3 Å². The Bertz CT molecular complexity index is 658. The third-order valence-electron chi connectivity index (χ3n) is 3.29. The van der Waals surface area contributed by atoms with Crippen molar-refractivity contribution in [1.82, 2.24) is 0 Å². The summed E-state index contributed by atoms with van der Waals surface area (Å²) in [6.45, 7) is 2.68. The summed E-state index contributed by atoms with van der Waals surface area (Å²) in [5.74, 6) is -2.84. The molecule has 4 heteroatoms. The average molecular weight is 274 g/mol. The number of alkyl halides is 2. The van der Waals surface area contributed by atoms with Crippen LogP contribution in [-0.2, 0) is 5.92 Å². The van der Waals surface area contributed by atoms with E-state index in [4.69, 9.17) is 11.1 Å². The van der Waals surface area contributed by atoms with Crippen LogP contribution in [0.1, 0.15) is 23.6 Å². The van der Waals surface area contributed by atoms with Crippen LogP contribution in [0.3, 0.4) is 0 Å². The minimum atomic E-state index is -2.84. The number of nitrogens with two attached hydrogens (primary N) is 1. The number of benzene rings is 2. The number of nitrogen functional groups attached to an aromatic ring is 1. The molecule has 2 rings (SSSR count). The lowest BCUT2D eigenvalue weighted by Gasteiger charge is -2.14. The Kier molecular flexibility index (Phi) is 3.57. The molecule has 0 saturated heterocycles. The Balaban J connectivity index is 2.51. The van der Waals surface area contributed by atoms with Crippen LogP contribution in [-0.4, -0.2) is 6.21 Å². The van der Waals surface area contributed by atoms with Gasteiger partial charge in [0.25, 0.3) is 5.92 Å². The summed E-state index contributed by atoms with van der Waals surface area (Å²) in [5.41, 5.74) is 9.38. The van der Waals surface area contributed by atoms with Gasteiger partial charge in [-0.1, -0.05) is 18.2 Å². The van der Waals surface area contributed by atoms with E-state index >= 15 is 0 Å². The molecule has 0 aromatic heterocycles. The fraction of sp³-hybridized carbons (Fsp3) is 0.188. The van der Waals surface area contributed by atoms with Gasteiger partial charge in [-0.2, -0.15) is 0 Å². The topological polar surface area (TPSA) is 49.9 Å². The summed E-state index contributed by atoms with van der Waals surface area (Å²) in [4.78, 5) is 0. The summed E-state index contributed by atoms with van der Waals surface area (Å²) < 4.78 is 26.6. The third kappa shape index (κ3) is 2.69. The SMILES string of the molecule is Cc1cc(C(C)(F)F)ccc1-c1ccc(N)c(C=N)c1. The first-order valence-corrected chi connectivity index (χ1v) is 6.22. The van der Waals surface area contributed by atoms with Crippen molar-refractivity contribution in [2.24, 2.45) is 0 Å². The van der Waals surface area contributed by atoms with E-state index in [-0.39, 0.29) is 5.56 Å². The molecule has 0 saturated carbocycles. The van der Waals surface area contributed by atoms with Gasteiger partial charge in [0.1, 0.15) is 0 Å². The number of aryl methyl sites for hydroxylation is 1. The standard InChI is InChI=1S/C16H16F2N2/c1-10-7-13(16(2,17)18)4-5-14(10)11-3-6-15(20)12(8-11)9-19/h3-9,19H,20H2,1-2H3. The van der Waals surface area contributed by atoms with Gasteiger partial charge in [0.2, 0.25) is 0 Å². The van der Waals surface area contributed by atoms with Gasteiger partial charge in [-0.05, 0) is 41.8 Å². The molecule has 0 bridgehead atoms. The molecule has 0 spiro atoms. The molecule has 0 aliphatic heterocycles. The summed E-state index contributed by atoms with van der Waals surface area (Å²) in [5, 5.41) is 7.31. The van der Waals surface area contributed by atoms with Crippen LogP contribution in [0, 0.1) is 12.3 Å². The van der Waals surface area contributed by atoms with Gasteiger partial charge in [-0.15, -0.1) is 0 Å². The number of anilines is 1. The highest BCUT2D eigenvalue weighted by Gasteiger charge is 2.24. The lowest BCUT2D eigenvalue weighted by Crippen LogP contribution is -2.07. The quantitative estimate of drug-likeness (QED) is 0.634. The molecule has 2 aromatic carbocycles. The summed E-state index contributed by atoms with van der Waals surface area (Å²) in [6.07, 6.45) is 1.18. The molecule has 104 valence electrons. The third-order valence-corrected chi connectivity index (χ3v) is 3.29. The van der Waals surface area contributed by atoms with Gasteiger partial charge in [0, 0.05) is 30.0 Å². The molecule has 2 nitrogen and oxygen atoms in total. The van der Waals surface area contributed by atoms with Crippen LogP contribution in [0.15, 0.2) is 36.4 Å². The second-order valence-electron chi connectivity index (χ2n) is 4.91. The fourth-order valence-electron chi connectivity index (χ4n) is 2.13. The summed E-state index contributed by atoms with van der Waals surface area (Å²) >= 11 is 0. The van der Waals surface area contributed by atoms with Crippen LogP contribution >= 0.6 is 0 Å². The minimum Gasteiger partial charge on any atom is -0.398 e. The van der Waals surface area contributed by atoms with Gasteiger partial charge < -0.3 is 11.1 Å². The summed E-state index contributed by atoms with van der Waals surface area (Å²) in [7, 11) is 0. The lowest BCUT2D eigenvalue weighted by atomic mass is 9.95. The second-order valence-corrected chi connectivity index (χ2v) is 4.91. The maximum Gasteiger partial charge on any atom is 0.270 e. The lowest BCUT2D eigenvalue weighted by molar-refractivity contribution is 0.0174. The number of hydrogen-bond donors (Lipinski definition) is 2. The maximum absolute atomic E-state index is 13.3. The Morgan fingerprint density at radius 1 is 1.15 bits per heavy atom. The first kappa shape index (κ1) is 14.2. The monoisotopic (exact) mass is 274 g/mol. The number of nitrogens with one attached hydrogen (secondary N) is 1. The smallest absolute Gasteiger partial charge is 0.270 e. The van der Waals surface area contributed by atoms with Gasteiger partial charge in [-0.3, -0.25) is 0 Å². The van der Waals surface area contributed by atoms with E-state index in [2.05, 4.69) is 0 Å². The molecule has 0 heterocycles. The number of halogens is 2. The normalized spacial score (nSPS) is 11.4. The molecular weight excluding hydrogens is 258 g/mol. The highest BCUT2D eigenvalue weighted by molar-refractivity contribution is 5.88.